The molecule has 0 aliphatic carbocycles. The molecule has 42 heavy (non-hydrogen) atoms. The highest BCUT2D eigenvalue weighted by Gasteiger charge is 2.49. The van der Waals surface area contributed by atoms with E-state index in [1.165, 1.54) is 16.2 Å². The maximum atomic E-state index is 13.7. The topological polar surface area (TPSA) is 119 Å². The predicted molar refractivity (Wildman–Crippen MR) is 158 cm³/mol. The summed E-state index contributed by atoms with van der Waals surface area (Å²) in [6.07, 6.45) is 1.75. The summed E-state index contributed by atoms with van der Waals surface area (Å²) >= 11 is 1.18. The smallest absolute Gasteiger partial charge is 0.301 e. The number of fused-ring (bicyclic) bond motifs is 1. The van der Waals surface area contributed by atoms with Crippen LogP contribution in [-0.4, -0.2) is 43.0 Å². The van der Waals surface area contributed by atoms with Crippen molar-refractivity contribution in [2.75, 3.05) is 11.5 Å². The van der Waals surface area contributed by atoms with E-state index in [1.54, 1.807) is 54.8 Å². The van der Waals surface area contributed by atoms with Gasteiger partial charge in [-0.2, -0.15) is 0 Å². The molecule has 1 aliphatic rings. The normalized spacial score (nSPS) is 16.4. The fraction of sp³-hybridized carbons (Fsp3) is 0.194. The standard InChI is InChI=1S/C31H27N5O5S/c1-4-40-23-16-21(13-14-22(23)41-17-20-10-6-5-7-11-20)27-25(29(38)30(39)36(27)31-34-33-19(3)42-31)28(37)26-18(2)32-24-12-8-9-15-35(24)26/h5-16,27,37H,4,17H2,1-3H3/b28-25+. The maximum absolute atomic E-state index is 13.7. The second-order valence-electron chi connectivity index (χ2n) is 9.66. The molecule has 1 unspecified atom stereocenters. The Balaban J connectivity index is 1.50. The summed E-state index contributed by atoms with van der Waals surface area (Å²) in [6, 6.07) is 19.4. The maximum Gasteiger partial charge on any atom is 0.301 e. The molecule has 0 spiro atoms. The minimum absolute atomic E-state index is 0.0815. The number of ether oxygens (including phenoxy) is 2. The Morgan fingerprint density at radius 3 is 2.50 bits per heavy atom. The Kier molecular flexibility index (Phi) is 7.17. The lowest BCUT2D eigenvalue weighted by Gasteiger charge is -2.23. The highest BCUT2D eigenvalue weighted by Crippen LogP contribution is 2.45. The monoisotopic (exact) mass is 581 g/mol. The van der Waals surface area contributed by atoms with Gasteiger partial charge in [-0.15, -0.1) is 10.2 Å². The van der Waals surface area contributed by atoms with Crippen molar-refractivity contribution in [3.63, 3.8) is 0 Å². The van der Waals surface area contributed by atoms with Gasteiger partial charge in [-0.1, -0.05) is 53.8 Å². The van der Waals surface area contributed by atoms with Gasteiger partial charge in [0.1, 0.15) is 23.0 Å². The van der Waals surface area contributed by atoms with Gasteiger partial charge in [-0.05, 0) is 56.2 Å². The van der Waals surface area contributed by atoms with Crippen LogP contribution < -0.4 is 14.4 Å². The van der Waals surface area contributed by atoms with Gasteiger partial charge >= 0.3 is 5.91 Å². The van der Waals surface area contributed by atoms with Crippen LogP contribution in [0.5, 0.6) is 11.5 Å². The van der Waals surface area contributed by atoms with Crippen LogP contribution >= 0.6 is 11.3 Å². The first-order chi connectivity index (χ1) is 20.4. The molecule has 11 heteroatoms. The van der Waals surface area contributed by atoms with Gasteiger partial charge in [0.05, 0.1) is 23.9 Å². The fourth-order valence-electron chi connectivity index (χ4n) is 5.07. The van der Waals surface area contributed by atoms with Crippen molar-refractivity contribution in [3.8, 4) is 11.5 Å². The lowest BCUT2D eigenvalue weighted by atomic mass is 9.96. The summed E-state index contributed by atoms with van der Waals surface area (Å²) in [6.45, 7) is 6.06. The van der Waals surface area contributed by atoms with Gasteiger partial charge in [0.2, 0.25) is 5.13 Å². The number of aryl methyl sites for hydroxylation is 2. The van der Waals surface area contributed by atoms with Crippen molar-refractivity contribution in [3.05, 3.63) is 106 Å². The van der Waals surface area contributed by atoms with Gasteiger partial charge in [-0.3, -0.25) is 18.9 Å². The van der Waals surface area contributed by atoms with Gasteiger partial charge in [0, 0.05) is 6.20 Å². The number of hydrogen-bond donors (Lipinski definition) is 1. The molecule has 1 N–H and O–H groups in total. The van der Waals surface area contributed by atoms with Crippen LogP contribution in [0.25, 0.3) is 11.4 Å². The number of pyridine rings is 1. The molecule has 0 bridgehead atoms. The van der Waals surface area contributed by atoms with Crippen molar-refractivity contribution in [2.45, 2.75) is 33.4 Å². The van der Waals surface area contributed by atoms with E-state index in [2.05, 4.69) is 15.2 Å². The zero-order valence-electron chi connectivity index (χ0n) is 23.1. The number of aromatic nitrogens is 4. The zero-order valence-corrected chi connectivity index (χ0v) is 24.0. The molecule has 5 aromatic rings. The molecule has 6 rings (SSSR count). The SMILES string of the molecule is CCOc1cc(C2/C(=C(\O)c3c(C)nc4ccccn34)C(=O)C(=O)N2c2nnc(C)s2)ccc1OCc1ccccc1. The molecule has 1 fully saturated rings. The number of imidazole rings is 1. The third-order valence-electron chi connectivity index (χ3n) is 6.91. The zero-order chi connectivity index (χ0) is 29.4. The van der Waals surface area contributed by atoms with E-state index in [0.717, 1.165) is 5.56 Å². The Hall–Kier alpha value is -5.03. The molecule has 10 nitrogen and oxygen atoms in total. The summed E-state index contributed by atoms with van der Waals surface area (Å²) < 4.78 is 13.7. The Labute approximate surface area is 245 Å². The molecule has 212 valence electrons. The Bertz CT molecular complexity index is 1850. The highest BCUT2D eigenvalue weighted by atomic mass is 32.1. The number of aliphatic hydroxyl groups excluding tert-OH is 1. The Morgan fingerprint density at radius 1 is 0.976 bits per heavy atom. The van der Waals surface area contributed by atoms with E-state index in [9.17, 15) is 14.7 Å². The van der Waals surface area contributed by atoms with Gasteiger partial charge in [0.25, 0.3) is 5.78 Å². The van der Waals surface area contributed by atoms with E-state index in [-0.39, 0.29) is 16.5 Å². The molecule has 2 aromatic carbocycles. The second kappa shape index (κ2) is 11.1. The van der Waals surface area contributed by atoms with Gasteiger partial charge in [-0.25, -0.2) is 4.98 Å². The molecule has 4 heterocycles. The van der Waals surface area contributed by atoms with E-state index >= 15 is 0 Å². The van der Waals surface area contributed by atoms with Crippen molar-refractivity contribution < 1.29 is 24.2 Å². The lowest BCUT2D eigenvalue weighted by molar-refractivity contribution is -0.132. The van der Waals surface area contributed by atoms with E-state index in [4.69, 9.17) is 9.47 Å². The molecular weight excluding hydrogens is 554 g/mol. The van der Waals surface area contributed by atoms with E-state index < -0.39 is 17.7 Å². The Morgan fingerprint density at radius 2 is 1.76 bits per heavy atom. The summed E-state index contributed by atoms with van der Waals surface area (Å²) in [5.74, 6) is -1.04. The third kappa shape index (κ3) is 4.77. The molecule has 0 saturated carbocycles. The van der Waals surface area contributed by atoms with Crippen molar-refractivity contribution in [1.29, 1.82) is 0 Å². The number of Topliss-reactive ketones (excluding diaryl/α,β-unsaturated/α-hetero) is 1. The summed E-state index contributed by atoms with van der Waals surface area (Å²) in [5, 5.41) is 20.8. The third-order valence-corrected chi connectivity index (χ3v) is 7.75. The molecule has 1 saturated heterocycles. The first-order valence-electron chi connectivity index (χ1n) is 13.4. The highest BCUT2D eigenvalue weighted by molar-refractivity contribution is 7.15. The van der Waals surface area contributed by atoms with E-state index in [1.807, 2.05) is 43.3 Å². The van der Waals surface area contributed by atoms with Gasteiger partial charge < -0.3 is 14.6 Å². The first kappa shape index (κ1) is 27.2. The first-order valence-corrected chi connectivity index (χ1v) is 14.2. The average molecular weight is 582 g/mol. The number of ketones is 1. The van der Waals surface area contributed by atoms with Crippen LogP contribution in [0.1, 0.15) is 40.5 Å². The molecule has 1 amide bonds. The minimum atomic E-state index is -1.01. The molecule has 1 atom stereocenters. The molecular formula is C31H27N5O5S. The minimum Gasteiger partial charge on any atom is -0.505 e. The van der Waals surface area contributed by atoms with Crippen LogP contribution in [0.2, 0.25) is 0 Å². The summed E-state index contributed by atoms with van der Waals surface area (Å²) in [4.78, 5) is 33.0. The number of anilines is 1. The number of carbonyl (C=O) groups is 2. The number of amides is 1. The number of carbonyl (C=O) groups excluding carboxylic acids is 2. The van der Waals surface area contributed by atoms with Crippen LogP contribution in [0.3, 0.4) is 0 Å². The van der Waals surface area contributed by atoms with Crippen LogP contribution in [-0.2, 0) is 16.2 Å². The van der Waals surface area contributed by atoms with Crippen LogP contribution in [0.15, 0.2) is 78.5 Å². The number of aliphatic hydroxyl groups is 1. The lowest BCUT2D eigenvalue weighted by Crippen LogP contribution is -2.29. The van der Waals surface area contributed by atoms with Crippen molar-refractivity contribution in [1.82, 2.24) is 19.6 Å². The van der Waals surface area contributed by atoms with E-state index in [0.29, 0.717) is 52.3 Å². The average Bonchev–Trinajstić information content (AvgIpc) is 3.65. The molecule has 3 aromatic heterocycles. The summed E-state index contributed by atoms with van der Waals surface area (Å²) in [7, 11) is 0. The predicted octanol–water partition coefficient (Wildman–Crippen LogP) is 5.41. The number of hydrogen-bond acceptors (Lipinski definition) is 9. The quantitative estimate of drug-likeness (QED) is 0.147. The second-order valence-corrected chi connectivity index (χ2v) is 10.8. The molecule has 0 radical (unpaired) electrons. The number of benzene rings is 2. The van der Waals surface area contributed by atoms with Crippen molar-refractivity contribution in [2.24, 2.45) is 0 Å². The molecule has 1 aliphatic heterocycles. The van der Waals surface area contributed by atoms with Crippen molar-refractivity contribution >= 4 is 39.6 Å². The largest absolute Gasteiger partial charge is 0.505 e. The fourth-order valence-corrected chi connectivity index (χ4v) is 5.79. The van der Waals surface area contributed by atoms with Gasteiger partial charge in [0.15, 0.2) is 17.3 Å². The number of nitrogens with zero attached hydrogens (tertiary/aromatic N) is 5. The number of rotatable bonds is 8. The van der Waals surface area contributed by atoms with Crippen LogP contribution in [0, 0.1) is 13.8 Å². The van der Waals surface area contributed by atoms with Crippen LogP contribution in [0.4, 0.5) is 5.13 Å². The summed E-state index contributed by atoms with van der Waals surface area (Å²) in [5.41, 5.74) is 2.88.